The molecule has 0 amide bonds. The van der Waals surface area contributed by atoms with Crippen LogP contribution in [0.1, 0.15) is 57.7 Å². The number of nitrogens with one attached hydrogen (secondary N) is 1. The molecule has 6 heteroatoms. The van der Waals surface area contributed by atoms with Gasteiger partial charge in [-0.15, -0.1) is 0 Å². The SMILES string of the molecule is Cc1cnccc1C(C)NC1CCN(S(=O)(=O)C(C)(C)C)CC1. The molecule has 1 atom stereocenters. The highest BCUT2D eigenvalue weighted by molar-refractivity contribution is 7.90. The fourth-order valence-corrected chi connectivity index (χ4v) is 4.53. The molecule has 2 rings (SSSR count). The Morgan fingerprint density at radius 1 is 1.30 bits per heavy atom. The van der Waals surface area contributed by atoms with Crippen molar-refractivity contribution in [1.29, 1.82) is 0 Å². The first-order chi connectivity index (χ1) is 10.6. The zero-order valence-electron chi connectivity index (χ0n) is 14.8. The van der Waals surface area contributed by atoms with E-state index in [0.29, 0.717) is 19.1 Å². The summed E-state index contributed by atoms with van der Waals surface area (Å²) in [6, 6.07) is 2.64. The molecule has 1 unspecified atom stereocenters. The van der Waals surface area contributed by atoms with E-state index in [2.05, 4.69) is 24.1 Å². The second kappa shape index (κ2) is 6.87. The van der Waals surface area contributed by atoms with Crippen molar-refractivity contribution in [3.63, 3.8) is 0 Å². The van der Waals surface area contributed by atoms with E-state index in [9.17, 15) is 8.42 Å². The zero-order chi connectivity index (χ0) is 17.3. The van der Waals surface area contributed by atoms with Gasteiger partial charge in [0, 0.05) is 37.6 Å². The van der Waals surface area contributed by atoms with Crippen molar-refractivity contribution in [1.82, 2.24) is 14.6 Å². The Kier molecular flexibility index (Phi) is 5.48. The van der Waals surface area contributed by atoms with Gasteiger partial charge < -0.3 is 5.32 Å². The van der Waals surface area contributed by atoms with Gasteiger partial charge in [0.25, 0.3) is 0 Å². The lowest BCUT2D eigenvalue weighted by Gasteiger charge is -2.36. The van der Waals surface area contributed by atoms with E-state index in [1.54, 1.807) is 25.1 Å². The fraction of sp³-hybridized carbons (Fsp3) is 0.706. The Bertz CT molecular complexity index is 629. The number of piperidine rings is 1. The van der Waals surface area contributed by atoms with E-state index < -0.39 is 14.8 Å². The molecular formula is C17H29N3O2S. The van der Waals surface area contributed by atoms with Crippen LogP contribution in [0.4, 0.5) is 0 Å². The number of hydrogen-bond acceptors (Lipinski definition) is 4. The third-order valence-corrected chi connectivity index (χ3v) is 7.18. The van der Waals surface area contributed by atoms with Crippen molar-refractivity contribution < 1.29 is 8.42 Å². The predicted octanol–water partition coefficient (Wildman–Crippen LogP) is 2.63. The summed E-state index contributed by atoms with van der Waals surface area (Å²) >= 11 is 0. The summed E-state index contributed by atoms with van der Waals surface area (Å²) in [5.74, 6) is 0. The first-order valence-electron chi connectivity index (χ1n) is 8.29. The van der Waals surface area contributed by atoms with Crippen LogP contribution >= 0.6 is 0 Å². The average molecular weight is 340 g/mol. The number of pyridine rings is 1. The van der Waals surface area contributed by atoms with Gasteiger partial charge in [0.1, 0.15) is 0 Å². The van der Waals surface area contributed by atoms with Crippen LogP contribution in [-0.2, 0) is 10.0 Å². The largest absolute Gasteiger partial charge is 0.307 e. The van der Waals surface area contributed by atoms with Gasteiger partial charge in [-0.2, -0.15) is 0 Å². The molecule has 0 saturated carbocycles. The number of aryl methyl sites for hydroxylation is 1. The average Bonchev–Trinajstić information content (AvgIpc) is 2.47. The number of aromatic nitrogens is 1. The number of hydrogen-bond donors (Lipinski definition) is 1. The summed E-state index contributed by atoms with van der Waals surface area (Å²) in [7, 11) is -3.21. The lowest BCUT2D eigenvalue weighted by molar-refractivity contribution is 0.272. The highest BCUT2D eigenvalue weighted by Gasteiger charge is 2.37. The van der Waals surface area contributed by atoms with Gasteiger partial charge in [0.15, 0.2) is 0 Å². The molecule has 0 aromatic carbocycles. The Morgan fingerprint density at radius 3 is 2.43 bits per heavy atom. The second-order valence-corrected chi connectivity index (χ2v) is 10.1. The number of rotatable bonds is 4. The zero-order valence-corrected chi connectivity index (χ0v) is 15.7. The molecule has 1 fully saturated rings. The number of nitrogens with zero attached hydrogens (tertiary/aromatic N) is 2. The quantitative estimate of drug-likeness (QED) is 0.916. The minimum atomic E-state index is -3.21. The minimum Gasteiger partial charge on any atom is -0.307 e. The van der Waals surface area contributed by atoms with E-state index >= 15 is 0 Å². The first kappa shape index (κ1) is 18.4. The van der Waals surface area contributed by atoms with Crippen molar-refractivity contribution in [3.8, 4) is 0 Å². The minimum absolute atomic E-state index is 0.244. The predicted molar refractivity (Wildman–Crippen MR) is 93.8 cm³/mol. The summed E-state index contributed by atoms with van der Waals surface area (Å²) in [5.41, 5.74) is 2.44. The van der Waals surface area contributed by atoms with Gasteiger partial charge >= 0.3 is 0 Å². The van der Waals surface area contributed by atoms with Gasteiger partial charge in [0.05, 0.1) is 4.75 Å². The Morgan fingerprint density at radius 2 is 1.91 bits per heavy atom. The van der Waals surface area contributed by atoms with Crippen LogP contribution in [0.3, 0.4) is 0 Å². The van der Waals surface area contributed by atoms with Crippen LogP contribution < -0.4 is 5.32 Å². The van der Waals surface area contributed by atoms with Crippen LogP contribution in [-0.4, -0.2) is 41.6 Å². The second-order valence-electron chi connectivity index (χ2n) is 7.41. The van der Waals surface area contributed by atoms with Crippen LogP contribution in [0.5, 0.6) is 0 Å². The Labute approximate surface area is 140 Å². The molecule has 1 aliphatic heterocycles. The standard InChI is InChI=1S/C17H29N3O2S/c1-13-12-18-9-6-16(13)14(2)19-15-7-10-20(11-8-15)23(21,22)17(3,4)5/h6,9,12,14-15,19H,7-8,10-11H2,1-5H3. The van der Waals surface area contributed by atoms with E-state index in [1.807, 2.05) is 18.5 Å². The molecule has 23 heavy (non-hydrogen) atoms. The molecule has 2 heterocycles. The Balaban J connectivity index is 1.94. The normalized spacial score (nSPS) is 19.7. The summed E-state index contributed by atoms with van der Waals surface area (Å²) in [6.45, 7) is 10.7. The summed E-state index contributed by atoms with van der Waals surface area (Å²) < 4.78 is 25.9. The molecule has 0 bridgehead atoms. The summed E-state index contributed by atoms with van der Waals surface area (Å²) in [6.07, 6.45) is 5.40. The third kappa shape index (κ3) is 4.11. The van der Waals surface area contributed by atoms with E-state index in [4.69, 9.17) is 0 Å². The van der Waals surface area contributed by atoms with Crippen molar-refractivity contribution in [3.05, 3.63) is 29.6 Å². The topological polar surface area (TPSA) is 62.3 Å². The maximum atomic E-state index is 12.5. The Hall–Kier alpha value is -0.980. The summed E-state index contributed by atoms with van der Waals surface area (Å²) in [4.78, 5) is 4.13. The highest BCUT2D eigenvalue weighted by Crippen LogP contribution is 2.25. The molecule has 5 nitrogen and oxygen atoms in total. The molecule has 1 aromatic rings. The van der Waals surface area contributed by atoms with Gasteiger partial charge in [-0.05, 0) is 64.7 Å². The monoisotopic (exact) mass is 339 g/mol. The maximum Gasteiger partial charge on any atom is 0.219 e. The van der Waals surface area contributed by atoms with Crippen LogP contribution in [0.25, 0.3) is 0 Å². The van der Waals surface area contributed by atoms with Gasteiger partial charge in [-0.1, -0.05) is 0 Å². The number of sulfonamides is 1. The molecule has 1 saturated heterocycles. The fourth-order valence-electron chi connectivity index (χ4n) is 3.06. The first-order valence-corrected chi connectivity index (χ1v) is 9.73. The van der Waals surface area contributed by atoms with Crippen LogP contribution in [0.2, 0.25) is 0 Å². The van der Waals surface area contributed by atoms with Crippen LogP contribution in [0.15, 0.2) is 18.5 Å². The molecule has 1 aliphatic rings. The molecule has 0 aliphatic carbocycles. The lowest BCUT2D eigenvalue weighted by atomic mass is 10.0. The smallest absolute Gasteiger partial charge is 0.219 e. The van der Waals surface area contributed by atoms with Crippen molar-refractivity contribution in [2.75, 3.05) is 13.1 Å². The highest BCUT2D eigenvalue weighted by atomic mass is 32.2. The van der Waals surface area contributed by atoms with E-state index in [0.717, 1.165) is 12.8 Å². The molecule has 130 valence electrons. The van der Waals surface area contributed by atoms with E-state index in [-0.39, 0.29) is 6.04 Å². The van der Waals surface area contributed by atoms with Crippen molar-refractivity contribution >= 4 is 10.0 Å². The molecule has 1 N–H and O–H groups in total. The van der Waals surface area contributed by atoms with E-state index in [1.165, 1.54) is 11.1 Å². The van der Waals surface area contributed by atoms with Gasteiger partial charge in [-0.3, -0.25) is 4.98 Å². The lowest BCUT2D eigenvalue weighted by Crippen LogP contribution is -2.50. The third-order valence-electron chi connectivity index (χ3n) is 4.58. The molecule has 0 radical (unpaired) electrons. The van der Waals surface area contributed by atoms with Gasteiger partial charge in [-0.25, -0.2) is 12.7 Å². The maximum absolute atomic E-state index is 12.5. The molecule has 1 aromatic heterocycles. The van der Waals surface area contributed by atoms with Crippen LogP contribution in [0, 0.1) is 6.92 Å². The van der Waals surface area contributed by atoms with Crippen molar-refractivity contribution in [2.45, 2.75) is 64.3 Å². The summed E-state index contributed by atoms with van der Waals surface area (Å²) in [5, 5.41) is 3.64. The van der Waals surface area contributed by atoms with Crippen molar-refractivity contribution in [2.24, 2.45) is 0 Å². The molecular weight excluding hydrogens is 310 g/mol. The molecule has 0 spiro atoms. The van der Waals surface area contributed by atoms with Gasteiger partial charge in [0.2, 0.25) is 10.0 Å².